The van der Waals surface area contributed by atoms with Crippen LogP contribution < -0.4 is 16.0 Å². The summed E-state index contributed by atoms with van der Waals surface area (Å²) < 4.78 is 11.3. The highest BCUT2D eigenvalue weighted by atomic mass is 35.5. The second-order valence-electron chi connectivity index (χ2n) is 11.2. The van der Waals surface area contributed by atoms with Crippen molar-refractivity contribution in [3.05, 3.63) is 47.3 Å². The number of pyridine rings is 2. The van der Waals surface area contributed by atoms with E-state index in [-0.39, 0.29) is 5.41 Å². The Balaban J connectivity index is 1.05. The molecule has 39 heavy (non-hydrogen) atoms. The number of rotatable bonds is 10. The third kappa shape index (κ3) is 6.73. The van der Waals surface area contributed by atoms with Gasteiger partial charge < -0.3 is 25.4 Å². The lowest BCUT2D eigenvalue weighted by molar-refractivity contribution is 0.0511. The van der Waals surface area contributed by atoms with Crippen LogP contribution in [0.2, 0.25) is 5.02 Å². The standard InChI is InChI=1S/C30H39ClN6O2/c31-25-18-34-29(36-22-8-6-21(7-9-22)16-32-17-23-3-2-12-39-23)15-24(25)26-4-1-5-28(37-26)35-20-30(27-19-33-27)10-13-38-14-11-30/h1,4-5,15-16,18,22-23,32H,2-3,6-14,17,19-20H2,(H,34,36)(H,35,37). The summed E-state index contributed by atoms with van der Waals surface area (Å²) in [5, 5.41) is 11.3. The van der Waals surface area contributed by atoms with E-state index in [9.17, 15) is 0 Å². The van der Waals surface area contributed by atoms with Crippen molar-refractivity contribution in [2.45, 2.75) is 63.5 Å². The van der Waals surface area contributed by atoms with E-state index in [1.807, 2.05) is 24.3 Å². The molecule has 0 spiro atoms. The SMILES string of the molecule is Clc1cnc(NC2CCC(=CNCC3CCCO3)CC2)cc1-c1cccc(NCC2(C3=NC3)CCOCC2)n1. The van der Waals surface area contributed by atoms with Crippen molar-refractivity contribution in [1.29, 1.82) is 0 Å². The second-order valence-corrected chi connectivity index (χ2v) is 11.6. The quantitative estimate of drug-likeness (QED) is 0.361. The van der Waals surface area contributed by atoms with Crippen molar-refractivity contribution in [3.8, 4) is 11.3 Å². The van der Waals surface area contributed by atoms with E-state index in [0.29, 0.717) is 17.2 Å². The summed E-state index contributed by atoms with van der Waals surface area (Å²) in [7, 11) is 0. The predicted molar refractivity (Wildman–Crippen MR) is 157 cm³/mol. The van der Waals surface area contributed by atoms with Gasteiger partial charge >= 0.3 is 0 Å². The Kier molecular flexibility index (Phi) is 8.32. The van der Waals surface area contributed by atoms with Crippen LogP contribution >= 0.6 is 11.6 Å². The minimum Gasteiger partial charge on any atom is -0.388 e. The van der Waals surface area contributed by atoms with Crippen LogP contribution in [0.1, 0.15) is 51.4 Å². The molecular formula is C30H39ClN6O2. The number of hydrogen-bond acceptors (Lipinski definition) is 8. The number of aromatic nitrogens is 2. The molecule has 3 N–H and O–H groups in total. The Morgan fingerprint density at radius 3 is 2.69 bits per heavy atom. The van der Waals surface area contributed by atoms with Crippen LogP contribution in [0.25, 0.3) is 11.3 Å². The number of nitrogens with zero attached hydrogens (tertiary/aromatic N) is 3. The fourth-order valence-electron chi connectivity index (χ4n) is 5.99. The zero-order valence-electron chi connectivity index (χ0n) is 22.6. The van der Waals surface area contributed by atoms with Gasteiger partial charge in [0.15, 0.2) is 0 Å². The maximum atomic E-state index is 6.61. The van der Waals surface area contributed by atoms with Crippen molar-refractivity contribution in [3.63, 3.8) is 0 Å². The fraction of sp³-hybridized carbons (Fsp3) is 0.567. The molecule has 9 heteroatoms. The lowest BCUT2D eigenvalue weighted by Crippen LogP contribution is -2.40. The average molecular weight is 551 g/mol. The molecule has 4 aliphatic rings. The Morgan fingerprint density at radius 2 is 1.92 bits per heavy atom. The smallest absolute Gasteiger partial charge is 0.126 e. The molecule has 1 unspecified atom stereocenters. The third-order valence-electron chi connectivity index (χ3n) is 8.52. The Morgan fingerprint density at radius 1 is 1.08 bits per heavy atom. The first-order valence-corrected chi connectivity index (χ1v) is 14.8. The highest BCUT2D eigenvalue weighted by molar-refractivity contribution is 6.33. The lowest BCUT2D eigenvalue weighted by atomic mass is 9.77. The Bertz CT molecular complexity index is 1200. The molecule has 3 aliphatic heterocycles. The maximum absolute atomic E-state index is 6.61. The Labute approximate surface area is 236 Å². The van der Waals surface area contributed by atoms with E-state index >= 15 is 0 Å². The van der Waals surface area contributed by atoms with Crippen molar-refractivity contribution in [2.24, 2.45) is 10.4 Å². The summed E-state index contributed by atoms with van der Waals surface area (Å²) >= 11 is 6.61. The molecule has 2 aromatic heterocycles. The third-order valence-corrected chi connectivity index (χ3v) is 8.82. The average Bonchev–Trinajstić information content (AvgIpc) is 3.71. The van der Waals surface area contributed by atoms with Crippen LogP contribution in [0, 0.1) is 5.41 Å². The van der Waals surface area contributed by atoms with Gasteiger partial charge in [0.25, 0.3) is 0 Å². The molecule has 3 fully saturated rings. The summed E-state index contributed by atoms with van der Waals surface area (Å²) in [5.74, 6) is 1.69. The van der Waals surface area contributed by atoms with E-state index in [1.54, 1.807) is 6.20 Å². The van der Waals surface area contributed by atoms with Gasteiger partial charge in [-0.25, -0.2) is 9.97 Å². The number of nitrogens with one attached hydrogen (secondary N) is 3. The van der Waals surface area contributed by atoms with Gasteiger partial charge in [0, 0.05) is 61.8 Å². The van der Waals surface area contributed by atoms with Gasteiger partial charge in [0.1, 0.15) is 11.6 Å². The molecule has 1 saturated carbocycles. The van der Waals surface area contributed by atoms with Crippen molar-refractivity contribution < 1.29 is 9.47 Å². The first-order valence-electron chi connectivity index (χ1n) is 14.4. The van der Waals surface area contributed by atoms with E-state index < -0.39 is 0 Å². The topological polar surface area (TPSA) is 92.7 Å². The zero-order valence-corrected chi connectivity index (χ0v) is 23.3. The van der Waals surface area contributed by atoms with Crippen LogP contribution in [0.4, 0.5) is 11.6 Å². The minimum atomic E-state index is 0.0941. The minimum absolute atomic E-state index is 0.0941. The van der Waals surface area contributed by atoms with Crippen molar-refractivity contribution >= 4 is 28.9 Å². The summed E-state index contributed by atoms with van der Waals surface area (Å²) in [6, 6.07) is 8.47. The molecule has 1 aliphatic carbocycles. The van der Waals surface area contributed by atoms with Crippen LogP contribution in [-0.4, -0.2) is 67.3 Å². The highest BCUT2D eigenvalue weighted by Crippen LogP contribution is 2.37. The molecule has 8 nitrogen and oxygen atoms in total. The molecule has 0 bridgehead atoms. The van der Waals surface area contributed by atoms with Gasteiger partial charge in [0.05, 0.1) is 23.4 Å². The summed E-state index contributed by atoms with van der Waals surface area (Å²) in [5.41, 5.74) is 4.63. The molecular weight excluding hydrogens is 512 g/mol. The molecule has 5 heterocycles. The van der Waals surface area contributed by atoms with E-state index in [2.05, 4.69) is 32.1 Å². The predicted octanol–water partition coefficient (Wildman–Crippen LogP) is 5.47. The first-order chi connectivity index (χ1) is 19.2. The lowest BCUT2D eigenvalue weighted by Gasteiger charge is -2.34. The molecule has 0 amide bonds. The van der Waals surface area contributed by atoms with Crippen LogP contribution in [-0.2, 0) is 9.47 Å². The van der Waals surface area contributed by atoms with E-state index in [4.69, 9.17) is 26.1 Å². The van der Waals surface area contributed by atoms with Crippen molar-refractivity contribution in [2.75, 3.05) is 50.1 Å². The van der Waals surface area contributed by atoms with Crippen LogP contribution in [0.3, 0.4) is 0 Å². The van der Waals surface area contributed by atoms with Gasteiger partial charge in [-0.15, -0.1) is 0 Å². The van der Waals surface area contributed by atoms with Gasteiger partial charge in [-0.3, -0.25) is 4.99 Å². The molecule has 0 aromatic carbocycles. The highest BCUT2D eigenvalue weighted by Gasteiger charge is 2.41. The van der Waals surface area contributed by atoms with Gasteiger partial charge in [-0.1, -0.05) is 23.2 Å². The number of hydrogen-bond donors (Lipinski definition) is 3. The number of allylic oxidation sites excluding steroid dienone is 1. The second kappa shape index (κ2) is 12.2. The van der Waals surface area contributed by atoms with Gasteiger partial charge in [0.2, 0.25) is 0 Å². The van der Waals surface area contributed by atoms with Crippen LogP contribution in [0.15, 0.2) is 47.2 Å². The Hall–Kier alpha value is -2.68. The number of halogens is 1. The largest absolute Gasteiger partial charge is 0.388 e. The zero-order chi connectivity index (χ0) is 26.5. The molecule has 1 atom stereocenters. The van der Waals surface area contributed by atoms with Gasteiger partial charge in [-0.2, -0.15) is 0 Å². The van der Waals surface area contributed by atoms with Gasteiger partial charge in [-0.05, 0) is 75.8 Å². The first kappa shape index (κ1) is 26.5. The molecule has 0 radical (unpaired) electrons. The van der Waals surface area contributed by atoms with E-state index in [1.165, 1.54) is 24.1 Å². The maximum Gasteiger partial charge on any atom is 0.126 e. The molecule has 2 aromatic rings. The van der Waals surface area contributed by atoms with Crippen LogP contribution in [0.5, 0.6) is 0 Å². The molecule has 6 rings (SSSR count). The number of aliphatic imine (C=N–C) groups is 1. The summed E-state index contributed by atoms with van der Waals surface area (Å²) in [4.78, 5) is 14.0. The molecule has 2 saturated heterocycles. The molecule has 208 valence electrons. The summed E-state index contributed by atoms with van der Waals surface area (Å²) in [6.45, 7) is 5.12. The fourth-order valence-corrected chi connectivity index (χ4v) is 6.19. The van der Waals surface area contributed by atoms with Crippen molar-refractivity contribution in [1.82, 2.24) is 15.3 Å². The number of ether oxygens (including phenoxy) is 2. The monoisotopic (exact) mass is 550 g/mol. The van der Waals surface area contributed by atoms with E-state index in [0.717, 1.165) is 101 Å². The number of anilines is 2. The normalized spacial score (nSPS) is 24.1. The summed E-state index contributed by atoms with van der Waals surface area (Å²) in [6.07, 6.45) is 13.0.